The standard InChI is InChI=1S/C36H32N2/c1-5-13-31(14-6-1)37(32-15-7-2-8-16-32)35-25-21-29(22-26-35)30-23-27-36(28-24-30)38(33-17-9-3-10-18-33)34-19-11-4-12-20-34/h1-21,23,25,27H,22,24,26,28H2. The lowest BCUT2D eigenvalue weighted by molar-refractivity contribution is 0.827. The van der Waals surface area contributed by atoms with Gasteiger partial charge in [0.05, 0.1) is 0 Å². The van der Waals surface area contributed by atoms with Crippen LogP contribution in [0.15, 0.2) is 168 Å². The summed E-state index contributed by atoms with van der Waals surface area (Å²) in [6.07, 6.45) is 13.5. The van der Waals surface area contributed by atoms with Gasteiger partial charge in [0.25, 0.3) is 0 Å². The van der Waals surface area contributed by atoms with Crippen LogP contribution in [0.5, 0.6) is 0 Å². The highest BCUT2D eigenvalue weighted by molar-refractivity contribution is 5.70. The Balaban J connectivity index is 1.28. The molecule has 4 aromatic carbocycles. The number of hydrogen-bond donors (Lipinski definition) is 0. The molecule has 0 radical (unpaired) electrons. The fourth-order valence-electron chi connectivity index (χ4n) is 5.43. The van der Waals surface area contributed by atoms with Crippen LogP contribution in [0.2, 0.25) is 0 Å². The van der Waals surface area contributed by atoms with Crippen LogP contribution in [0.3, 0.4) is 0 Å². The predicted molar refractivity (Wildman–Crippen MR) is 161 cm³/mol. The zero-order valence-electron chi connectivity index (χ0n) is 21.6. The van der Waals surface area contributed by atoms with Gasteiger partial charge < -0.3 is 9.80 Å². The van der Waals surface area contributed by atoms with Crippen LogP contribution in [-0.2, 0) is 0 Å². The van der Waals surface area contributed by atoms with Crippen LogP contribution < -0.4 is 9.80 Å². The molecule has 0 aromatic heterocycles. The van der Waals surface area contributed by atoms with Gasteiger partial charge in [-0.25, -0.2) is 0 Å². The summed E-state index contributed by atoms with van der Waals surface area (Å²) in [6, 6.07) is 42.7. The van der Waals surface area contributed by atoms with E-state index in [1.165, 1.54) is 45.3 Å². The topological polar surface area (TPSA) is 6.48 Å². The van der Waals surface area contributed by atoms with E-state index in [0.29, 0.717) is 0 Å². The van der Waals surface area contributed by atoms with Gasteiger partial charge in [0.1, 0.15) is 0 Å². The van der Waals surface area contributed by atoms with Crippen molar-refractivity contribution in [3.8, 4) is 0 Å². The van der Waals surface area contributed by atoms with E-state index in [-0.39, 0.29) is 0 Å². The summed E-state index contributed by atoms with van der Waals surface area (Å²) in [5.74, 6) is 0. The van der Waals surface area contributed by atoms with Gasteiger partial charge in [-0.1, -0.05) is 84.9 Å². The molecule has 38 heavy (non-hydrogen) atoms. The van der Waals surface area contributed by atoms with E-state index in [1.807, 2.05) is 0 Å². The smallest absolute Gasteiger partial charge is 0.0458 e. The van der Waals surface area contributed by atoms with Crippen molar-refractivity contribution >= 4 is 22.7 Å². The fraction of sp³-hybridized carbons (Fsp3) is 0.111. The molecule has 0 bridgehead atoms. The maximum Gasteiger partial charge on any atom is 0.0458 e. The first-order valence-electron chi connectivity index (χ1n) is 13.5. The minimum Gasteiger partial charge on any atom is -0.314 e. The van der Waals surface area contributed by atoms with Crippen LogP contribution >= 0.6 is 0 Å². The predicted octanol–water partition coefficient (Wildman–Crippen LogP) is 9.87. The van der Waals surface area contributed by atoms with Crippen molar-refractivity contribution in [3.63, 3.8) is 0 Å². The Morgan fingerprint density at radius 3 is 0.842 bits per heavy atom. The van der Waals surface area contributed by atoms with E-state index < -0.39 is 0 Å². The molecule has 0 saturated carbocycles. The van der Waals surface area contributed by atoms with Gasteiger partial charge in [-0.15, -0.1) is 0 Å². The summed E-state index contributed by atoms with van der Waals surface area (Å²) in [4.78, 5) is 4.77. The quantitative estimate of drug-likeness (QED) is 0.253. The highest BCUT2D eigenvalue weighted by Crippen LogP contribution is 2.39. The Morgan fingerprint density at radius 2 is 0.605 bits per heavy atom. The van der Waals surface area contributed by atoms with Crippen molar-refractivity contribution in [2.24, 2.45) is 0 Å². The average Bonchev–Trinajstić information content (AvgIpc) is 3.00. The molecule has 186 valence electrons. The molecule has 2 nitrogen and oxygen atoms in total. The third-order valence-electron chi connectivity index (χ3n) is 7.30. The summed E-state index contributed by atoms with van der Waals surface area (Å²) in [6.45, 7) is 0. The van der Waals surface area contributed by atoms with Gasteiger partial charge in [0.2, 0.25) is 0 Å². The van der Waals surface area contributed by atoms with Crippen LogP contribution in [0.4, 0.5) is 22.7 Å². The molecule has 2 heteroatoms. The molecule has 0 heterocycles. The van der Waals surface area contributed by atoms with E-state index >= 15 is 0 Å². The van der Waals surface area contributed by atoms with E-state index in [2.05, 4.69) is 155 Å². The SMILES string of the molecule is C1=C(C2=CC=C(N(c3ccccc3)c3ccccc3)CC2)CCC(N(c2ccccc2)c2ccccc2)=C1. The molecule has 0 aliphatic heterocycles. The molecular weight excluding hydrogens is 460 g/mol. The molecule has 2 aliphatic carbocycles. The van der Waals surface area contributed by atoms with Crippen molar-refractivity contribution in [2.75, 3.05) is 9.80 Å². The van der Waals surface area contributed by atoms with Crippen molar-refractivity contribution in [1.29, 1.82) is 0 Å². The van der Waals surface area contributed by atoms with Gasteiger partial charge in [-0.2, -0.15) is 0 Å². The second-order valence-electron chi connectivity index (χ2n) is 9.71. The second kappa shape index (κ2) is 11.2. The first kappa shape index (κ1) is 23.8. The lowest BCUT2D eigenvalue weighted by atomic mass is 9.89. The molecule has 6 rings (SSSR count). The summed E-state index contributed by atoms with van der Waals surface area (Å²) < 4.78 is 0. The molecule has 0 amide bonds. The first-order valence-corrected chi connectivity index (χ1v) is 13.5. The summed E-state index contributed by atoms with van der Waals surface area (Å²) >= 11 is 0. The van der Waals surface area contributed by atoms with Crippen molar-refractivity contribution in [2.45, 2.75) is 25.7 Å². The number of rotatable bonds is 7. The van der Waals surface area contributed by atoms with Crippen LogP contribution in [-0.4, -0.2) is 0 Å². The van der Waals surface area contributed by atoms with Crippen molar-refractivity contribution < 1.29 is 0 Å². The molecule has 0 spiro atoms. The van der Waals surface area contributed by atoms with Crippen LogP contribution in [0, 0.1) is 0 Å². The Hall–Kier alpha value is -4.56. The monoisotopic (exact) mass is 492 g/mol. The number of nitrogens with zero attached hydrogens (tertiary/aromatic N) is 2. The number of para-hydroxylation sites is 4. The van der Waals surface area contributed by atoms with Gasteiger partial charge in [-0.3, -0.25) is 0 Å². The Bertz CT molecular complexity index is 1280. The van der Waals surface area contributed by atoms with Crippen molar-refractivity contribution in [3.05, 3.63) is 168 Å². The van der Waals surface area contributed by atoms with Crippen molar-refractivity contribution in [1.82, 2.24) is 0 Å². The zero-order chi connectivity index (χ0) is 25.6. The fourth-order valence-corrected chi connectivity index (χ4v) is 5.43. The van der Waals surface area contributed by atoms with Gasteiger partial charge in [0.15, 0.2) is 0 Å². The first-order chi connectivity index (χ1) is 18.9. The molecule has 0 N–H and O–H groups in total. The molecule has 2 aliphatic rings. The number of anilines is 4. The van der Waals surface area contributed by atoms with Crippen LogP contribution in [0.1, 0.15) is 25.7 Å². The minimum absolute atomic E-state index is 1.02. The van der Waals surface area contributed by atoms with Gasteiger partial charge in [-0.05, 0) is 97.5 Å². The average molecular weight is 493 g/mol. The maximum absolute atomic E-state index is 2.39. The molecular formula is C36H32N2. The number of benzene rings is 4. The Morgan fingerprint density at radius 1 is 0.316 bits per heavy atom. The van der Waals surface area contributed by atoms with Gasteiger partial charge >= 0.3 is 0 Å². The van der Waals surface area contributed by atoms with E-state index in [1.54, 1.807) is 0 Å². The summed E-state index contributed by atoms with van der Waals surface area (Å²) in [7, 11) is 0. The van der Waals surface area contributed by atoms with Gasteiger partial charge in [0, 0.05) is 34.1 Å². The summed E-state index contributed by atoms with van der Waals surface area (Å²) in [5.41, 5.74) is 10.4. The summed E-state index contributed by atoms with van der Waals surface area (Å²) in [5, 5.41) is 0. The highest BCUT2D eigenvalue weighted by Gasteiger charge is 2.21. The van der Waals surface area contributed by atoms with Crippen LogP contribution in [0.25, 0.3) is 0 Å². The van der Waals surface area contributed by atoms with E-state index in [0.717, 1.165) is 25.7 Å². The highest BCUT2D eigenvalue weighted by atomic mass is 15.2. The lowest BCUT2D eigenvalue weighted by Crippen LogP contribution is -2.19. The third-order valence-corrected chi connectivity index (χ3v) is 7.30. The number of allylic oxidation sites excluding steroid dienone is 8. The second-order valence-corrected chi connectivity index (χ2v) is 9.71. The van der Waals surface area contributed by atoms with E-state index in [4.69, 9.17) is 0 Å². The number of hydrogen-bond acceptors (Lipinski definition) is 2. The molecule has 0 unspecified atom stereocenters. The molecule has 0 atom stereocenters. The molecule has 0 saturated heterocycles. The minimum atomic E-state index is 1.02. The maximum atomic E-state index is 2.39. The zero-order valence-corrected chi connectivity index (χ0v) is 21.6. The largest absolute Gasteiger partial charge is 0.314 e. The molecule has 0 fully saturated rings. The lowest BCUT2D eigenvalue weighted by Gasteiger charge is -2.32. The third kappa shape index (κ3) is 5.12. The Kier molecular flexibility index (Phi) is 7.04. The molecule has 4 aromatic rings. The van der Waals surface area contributed by atoms with E-state index in [9.17, 15) is 0 Å². The Labute approximate surface area is 226 Å². The normalized spacial score (nSPS) is 15.1.